The van der Waals surface area contributed by atoms with Crippen molar-refractivity contribution in [2.45, 2.75) is 0 Å². The van der Waals surface area contributed by atoms with E-state index in [1.807, 2.05) is 12.1 Å². The maximum absolute atomic E-state index is 9.07. The van der Waals surface area contributed by atoms with E-state index in [9.17, 15) is 0 Å². The van der Waals surface area contributed by atoms with E-state index in [2.05, 4.69) is 0 Å². The minimum absolute atomic E-state index is 0.0845. The lowest BCUT2D eigenvalue weighted by molar-refractivity contribution is 0.146. The van der Waals surface area contributed by atoms with Crippen molar-refractivity contribution in [2.24, 2.45) is 5.73 Å². The summed E-state index contributed by atoms with van der Waals surface area (Å²) in [7, 11) is 1.52. The van der Waals surface area contributed by atoms with Gasteiger partial charge in [0.25, 0.3) is 0 Å². The minimum Gasteiger partial charge on any atom is -0.489 e. The van der Waals surface area contributed by atoms with Crippen LogP contribution in [0, 0.1) is 28.1 Å². The maximum Gasteiger partial charge on any atom is 0.149 e. The topological polar surface area (TPSA) is 116 Å². The molecule has 0 saturated carbocycles. The number of hydrogen-bond acceptors (Lipinski definition) is 5. The molecule has 0 amide bonds. The number of nitriles is 2. The Kier molecular flexibility index (Phi) is 4.67. The lowest BCUT2D eigenvalue weighted by atomic mass is 10.0. The first-order valence-electron chi connectivity index (χ1n) is 5.09. The smallest absolute Gasteiger partial charge is 0.149 e. The van der Waals surface area contributed by atoms with Crippen molar-refractivity contribution in [3.8, 4) is 17.9 Å². The van der Waals surface area contributed by atoms with Crippen molar-refractivity contribution in [3.63, 3.8) is 0 Å². The van der Waals surface area contributed by atoms with Gasteiger partial charge in [0.15, 0.2) is 0 Å². The fourth-order valence-electron chi connectivity index (χ4n) is 1.38. The third-order valence-electron chi connectivity index (χ3n) is 2.21. The van der Waals surface area contributed by atoms with Crippen molar-refractivity contribution in [1.29, 1.82) is 15.9 Å². The molecule has 0 aliphatic rings. The van der Waals surface area contributed by atoms with Crippen molar-refractivity contribution < 1.29 is 9.47 Å². The number of nitrogens with one attached hydrogen (secondary N) is 1. The summed E-state index contributed by atoms with van der Waals surface area (Å²) in [4.78, 5) is 0. The first-order valence-corrected chi connectivity index (χ1v) is 5.09. The van der Waals surface area contributed by atoms with Gasteiger partial charge in [0, 0.05) is 7.11 Å². The highest BCUT2D eigenvalue weighted by atomic mass is 16.5. The van der Waals surface area contributed by atoms with E-state index < -0.39 is 0 Å². The average Bonchev–Trinajstić information content (AvgIpc) is 2.37. The zero-order valence-electron chi connectivity index (χ0n) is 9.86. The molecule has 6 heteroatoms. The zero-order chi connectivity index (χ0) is 13.5. The molecular weight excluding hydrogens is 232 g/mol. The molecule has 0 heterocycles. The standard InChI is InChI=1S/C12H12N4O2/c1-17-4-5-18-11-9(12(15)16)3-2-8(6-13)10(11)7-14/h2-3H,4-5H2,1H3,(H3,15,16). The number of methoxy groups -OCH3 is 1. The molecule has 0 bridgehead atoms. The fourth-order valence-corrected chi connectivity index (χ4v) is 1.38. The Balaban J connectivity index is 3.27. The number of ether oxygens (including phenoxy) is 2. The maximum atomic E-state index is 9.07. The van der Waals surface area contributed by atoms with Crippen molar-refractivity contribution in [1.82, 2.24) is 0 Å². The van der Waals surface area contributed by atoms with Crippen LogP contribution in [-0.2, 0) is 4.74 Å². The Morgan fingerprint density at radius 3 is 2.56 bits per heavy atom. The van der Waals surface area contributed by atoms with Crippen LogP contribution in [0.5, 0.6) is 5.75 Å². The number of hydrogen-bond donors (Lipinski definition) is 2. The first-order chi connectivity index (χ1) is 8.65. The van der Waals surface area contributed by atoms with Gasteiger partial charge in [-0.2, -0.15) is 10.5 Å². The van der Waals surface area contributed by atoms with E-state index in [1.165, 1.54) is 19.2 Å². The molecular formula is C12H12N4O2. The largest absolute Gasteiger partial charge is 0.489 e. The predicted molar refractivity (Wildman–Crippen MR) is 64.3 cm³/mol. The summed E-state index contributed by atoms with van der Waals surface area (Å²) in [6.45, 7) is 0.541. The van der Waals surface area contributed by atoms with Crippen molar-refractivity contribution >= 4 is 5.84 Å². The number of amidine groups is 1. The summed E-state index contributed by atoms with van der Waals surface area (Å²) >= 11 is 0. The highest BCUT2D eigenvalue weighted by molar-refractivity contribution is 5.98. The number of benzene rings is 1. The van der Waals surface area contributed by atoms with Gasteiger partial charge >= 0.3 is 0 Å². The van der Waals surface area contributed by atoms with Gasteiger partial charge in [-0.25, -0.2) is 0 Å². The molecule has 0 unspecified atom stereocenters. The van der Waals surface area contributed by atoms with Crippen molar-refractivity contribution in [3.05, 3.63) is 28.8 Å². The van der Waals surface area contributed by atoms with Gasteiger partial charge in [0.2, 0.25) is 0 Å². The van der Waals surface area contributed by atoms with Crippen LogP contribution in [0.25, 0.3) is 0 Å². The number of rotatable bonds is 5. The first kappa shape index (κ1) is 13.5. The fraction of sp³-hybridized carbons (Fsp3) is 0.250. The summed E-state index contributed by atoms with van der Waals surface area (Å²) in [5, 5.41) is 25.4. The Hall–Kier alpha value is -2.57. The van der Waals surface area contributed by atoms with Crippen molar-refractivity contribution in [2.75, 3.05) is 20.3 Å². The van der Waals surface area contributed by atoms with Crippen LogP contribution < -0.4 is 10.5 Å². The van der Waals surface area contributed by atoms with Crippen LogP contribution in [0.3, 0.4) is 0 Å². The SMILES string of the molecule is COCCOc1c(C(=N)N)ccc(C#N)c1C#N. The molecule has 1 rings (SSSR count). The quantitative estimate of drug-likeness (QED) is 0.450. The van der Waals surface area contributed by atoms with Gasteiger partial charge in [-0.15, -0.1) is 0 Å². The molecule has 0 aliphatic carbocycles. The average molecular weight is 244 g/mol. The van der Waals surface area contributed by atoms with E-state index in [-0.39, 0.29) is 29.3 Å². The van der Waals surface area contributed by atoms with E-state index in [1.54, 1.807) is 0 Å². The summed E-state index contributed by atoms with van der Waals surface area (Å²) in [6.07, 6.45) is 0. The Morgan fingerprint density at radius 1 is 1.33 bits per heavy atom. The summed E-state index contributed by atoms with van der Waals surface area (Å²) in [6, 6.07) is 6.73. The molecule has 0 spiro atoms. The Bertz CT molecular complexity index is 540. The van der Waals surface area contributed by atoms with E-state index in [0.717, 1.165) is 0 Å². The molecule has 0 fully saturated rings. The Labute approximate surface area is 105 Å². The van der Waals surface area contributed by atoms with Gasteiger partial charge in [0.05, 0.1) is 17.7 Å². The lowest BCUT2D eigenvalue weighted by Gasteiger charge is -2.12. The summed E-state index contributed by atoms with van der Waals surface area (Å²) in [5.41, 5.74) is 5.98. The highest BCUT2D eigenvalue weighted by Crippen LogP contribution is 2.26. The molecule has 6 nitrogen and oxygen atoms in total. The lowest BCUT2D eigenvalue weighted by Crippen LogP contribution is -2.16. The molecule has 1 aromatic rings. The summed E-state index contributed by atoms with van der Waals surface area (Å²) < 4.78 is 10.2. The van der Waals surface area contributed by atoms with Gasteiger partial charge in [-0.05, 0) is 12.1 Å². The molecule has 0 radical (unpaired) electrons. The second-order valence-electron chi connectivity index (χ2n) is 3.34. The van der Waals surface area contributed by atoms with E-state index in [4.69, 9.17) is 31.1 Å². The van der Waals surface area contributed by atoms with E-state index in [0.29, 0.717) is 12.2 Å². The van der Waals surface area contributed by atoms with Crippen LogP contribution >= 0.6 is 0 Å². The van der Waals surface area contributed by atoms with Gasteiger partial charge in [-0.1, -0.05) is 0 Å². The predicted octanol–water partition coefficient (Wildman–Crippen LogP) is 0.739. The normalized spacial score (nSPS) is 9.28. The molecule has 18 heavy (non-hydrogen) atoms. The molecule has 0 atom stereocenters. The van der Waals surface area contributed by atoms with Crippen LogP contribution in [-0.4, -0.2) is 26.2 Å². The monoisotopic (exact) mass is 244 g/mol. The third-order valence-corrected chi connectivity index (χ3v) is 2.21. The molecule has 1 aromatic carbocycles. The molecule has 92 valence electrons. The Morgan fingerprint density at radius 2 is 2.06 bits per heavy atom. The van der Waals surface area contributed by atoms with Crippen LogP contribution in [0.4, 0.5) is 0 Å². The number of nitrogen functional groups attached to an aromatic ring is 1. The number of nitrogens with two attached hydrogens (primary N) is 1. The third kappa shape index (κ3) is 2.76. The van der Waals surface area contributed by atoms with E-state index >= 15 is 0 Å². The summed E-state index contributed by atoms with van der Waals surface area (Å²) in [5.74, 6) is -0.0653. The number of nitrogens with zero attached hydrogens (tertiary/aromatic N) is 2. The molecule has 0 aliphatic heterocycles. The van der Waals surface area contributed by atoms with Gasteiger partial charge < -0.3 is 15.2 Å². The van der Waals surface area contributed by atoms with Crippen LogP contribution in [0.2, 0.25) is 0 Å². The highest BCUT2D eigenvalue weighted by Gasteiger charge is 2.16. The molecule has 0 aromatic heterocycles. The zero-order valence-corrected chi connectivity index (χ0v) is 9.86. The van der Waals surface area contributed by atoms with Gasteiger partial charge in [-0.3, -0.25) is 5.41 Å². The molecule has 3 N–H and O–H groups in total. The second kappa shape index (κ2) is 6.24. The van der Waals surface area contributed by atoms with Gasteiger partial charge in [0.1, 0.15) is 35.9 Å². The van der Waals surface area contributed by atoms with Crippen LogP contribution in [0.1, 0.15) is 16.7 Å². The molecule has 0 saturated heterocycles. The van der Waals surface area contributed by atoms with Crippen LogP contribution in [0.15, 0.2) is 12.1 Å². The minimum atomic E-state index is -0.219. The second-order valence-corrected chi connectivity index (χ2v) is 3.34.